The maximum Gasteiger partial charge on any atom is 0.260 e. The average molecular weight is 252 g/mol. The third-order valence-electron chi connectivity index (χ3n) is 2.82. The molecule has 0 saturated heterocycles. The second-order valence-electron chi connectivity index (χ2n) is 4.25. The summed E-state index contributed by atoms with van der Waals surface area (Å²) in [5.74, 6) is 0.327. The molecule has 0 fully saturated rings. The van der Waals surface area contributed by atoms with Crippen LogP contribution in [0.25, 0.3) is 5.65 Å². The largest absolute Gasteiger partial charge is 0.306 e. The molecule has 5 nitrogen and oxygen atoms in total. The zero-order chi connectivity index (χ0) is 13.2. The van der Waals surface area contributed by atoms with Crippen LogP contribution in [0.2, 0.25) is 0 Å². The van der Waals surface area contributed by atoms with E-state index in [9.17, 15) is 4.79 Å². The van der Waals surface area contributed by atoms with Crippen LogP contribution < -0.4 is 5.32 Å². The highest BCUT2D eigenvalue weighted by molar-refractivity contribution is 6.07. The molecule has 0 radical (unpaired) electrons. The molecule has 3 aromatic rings. The fraction of sp³-hybridized carbons (Fsp3) is 0.0714. The number of pyridine rings is 2. The lowest BCUT2D eigenvalue weighted by Gasteiger charge is -2.06. The van der Waals surface area contributed by atoms with Crippen molar-refractivity contribution in [3.63, 3.8) is 0 Å². The van der Waals surface area contributed by atoms with Crippen LogP contribution in [0, 0.1) is 6.92 Å². The summed E-state index contributed by atoms with van der Waals surface area (Å²) in [5.41, 5.74) is 2.20. The van der Waals surface area contributed by atoms with Gasteiger partial charge in [0.1, 0.15) is 11.5 Å². The standard InChI is InChI=1S/C14H12N4O/c1-10-4-5-15-12(9-10)17-14(19)11-3-2-7-18-8-6-16-13(11)18/h2-9H,1H3,(H,15,17,19). The van der Waals surface area contributed by atoms with Gasteiger partial charge in [-0.1, -0.05) is 0 Å². The van der Waals surface area contributed by atoms with E-state index in [1.165, 1.54) is 0 Å². The fourth-order valence-electron chi connectivity index (χ4n) is 1.91. The predicted octanol–water partition coefficient (Wildman–Crippen LogP) is 2.29. The second kappa shape index (κ2) is 4.53. The number of nitrogens with one attached hydrogen (secondary N) is 1. The number of hydrogen-bond donors (Lipinski definition) is 1. The number of carbonyl (C=O) groups excluding carboxylic acids is 1. The van der Waals surface area contributed by atoms with Gasteiger partial charge in [0.15, 0.2) is 0 Å². The zero-order valence-electron chi connectivity index (χ0n) is 10.4. The molecule has 5 heteroatoms. The first-order valence-corrected chi connectivity index (χ1v) is 5.90. The van der Waals surface area contributed by atoms with E-state index < -0.39 is 0 Å². The maximum atomic E-state index is 12.2. The van der Waals surface area contributed by atoms with Crippen molar-refractivity contribution in [1.82, 2.24) is 14.4 Å². The third kappa shape index (κ3) is 2.18. The van der Waals surface area contributed by atoms with Crippen LogP contribution in [0.3, 0.4) is 0 Å². The van der Waals surface area contributed by atoms with Crippen molar-refractivity contribution < 1.29 is 4.79 Å². The van der Waals surface area contributed by atoms with Gasteiger partial charge in [-0.3, -0.25) is 4.79 Å². The fourth-order valence-corrected chi connectivity index (χ4v) is 1.91. The molecule has 94 valence electrons. The van der Waals surface area contributed by atoms with Crippen LogP contribution in [0.4, 0.5) is 5.82 Å². The van der Waals surface area contributed by atoms with Gasteiger partial charge in [-0.15, -0.1) is 0 Å². The van der Waals surface area contributed by atoms with Gasteiger partial charge in [-0.2, -0.15) is 0 Å². The minimum atomic E-state index is -0.213. The number of fused-ring (bicyclic) bond motifs is 1. The van der Waals surface area contributed by atoms with Crippen molar-refractivity contribution in [3.05, 3.63) is 60.2 Å². The Labute approximate surface area is 109 Å². The number of aryl methyl sites for hydroxylation is 1. The van der Waals surface area contributed by atoms with Gasteiger partial charge < -0.3 is 9.72 Å². The summed E-state index contributed by atoms with van der Waals surface area (Å²) in [6.45, 7) is 1.95. The molecule has 0 aliphatic rings. The maximum absolute atomic E-state index is 12.2. The van der Waals surface area contributed by atoms with Crippen molar-refractivity contribution in [2.45, 2.75) is 6.92 Å². The molecule has 3 heterocycles. The Morgan fingerprint density at radius 1 is 1.21 bits per heavy atom. The SMILES string of the molecule is Cc1ccnc(NC(=O)c2cccn3ccnc23)c1. The summed E-state index contributed by atoms with van der Waals surface area (Å²) in [5, 5.41) is 2.78. The van der Waals surface area contributed by atoms with Gasteiger partial charge in [0.2, 0.25) is 0 Å². The van der Waals surface area contributed by atoms with Gasteiger partial charge in [-0.05, 0) is 36.8 Å². The van der Waals surface area contributed by atoms with E-state index >= 15 is 0 Å². The summed E-state index contributed by atoms with van der Waals surface area (Å²) in [6, 6.07) is 7.26. The zero-order valence-corrected chi connectivity index (χ0v) is 10.4. The molecule has 0 aliphatic heterocycles. The number of carbonyl (C=O) groups is 1. The Hall–Kier alpha value is -2.69. The molecule has 19 heavy (non-hydrogen) atoms. The molecule has 0 unspecified atom stereocenters. The summed E-state index contributed by atoms with van der Waals surface area (Å²) in [4.78, 5) is 20.5. The van der Waals surface area contributed by atoms with Crippen molar-refractivity contribution in [1.29, 1.82) is 0 Å². The number of nitrogens with zero attached hydrogens (tertiary/aromatic N) is 3. The summed E-state index contributed by atoms with van der Waals surface area (Å²) in [6.07, 6.45) is 6.99. The molecular weight excluding hydrogens is 240 g/mol. The summed E-state index contributed by atoms with van der Waals surface area (Å²) < 4.78 is 1.80. The molecule has 1 N–H and O–H groups in total. The lowest BCUT2D eigenvalue weighted by atomic mass is 10.2. The smallest absolute Gasteiger partial charge is 0.260 e. The first kappa shape index (κ1) is 11.4. The van der Waals surface area contributed by atoms with Crippen LogP contribution in [-0.4, -0.2) is 20.3 Å². The van der Waals surface area contributed by atoms with Crippen LogP contribution >= 0.6 is 0 Å². The number of hydrogen-bond acceptors (Lipinski definition) is 3. The molecule has 0 atom stereocenters. The van der Waals surface area contributed by atoms with E-state index in [-0.39, 0.29) is 5.91 Å². The van der Waals surface area contributed by atoms with Crippen LogP contribution in [0.1, 0.15) is 15.9 Å². The topological polar surface area (TPSA) is 59.3 Å². The molecule has 0 aliphatic carbocycles. The van der Waals surface area contributed by atoms with Crippen LogP contribution in [0.15, 0.2) is 49.1 Å². The number of amides is 1. The van der Waals surface area contributed by atoms with Crippen molar-refractivity contribution in [2.75, 3.05) is 5.32 Å². The minimum absolute atomic E-state index is 0.213. The number of aromatic nitrogens is 3. The number of anilines is 1. The molecule has 3 rings (SSSR count). The lowest BCUT2D eigenvalue weighted by Crippen LogP contribution is -2.14. The summed E-state index contributed by atoms with van der Waals surface area (Å²) >= 11 is 0. The van der Waals surface area contributed by atoms with Gasteiger partial charge in [0, 0.05) is 24.8 Å². The Morgan fingerprint density at radius 2 is 2.11 bits per heavy atom. The van der Waals surface area contributed by atoms with Crippen molar-refractivity contribution in [2.24, 2.45) is 0 Å². The van der Waals surface area contributed by atoms with E-state index in [4.69, 9.17) is 0 Å². The third-order valence-corrected chi connectivity index (χ3v) is 2.82. The normalized spacial score (nSPS) is 10.6. The van der Waals surface area contributed by atoms with Gasteiger partial charge >= 0.3 is 0 Å². The Bertz CT molecular complexity index is 748. The predicted molar refractivity (Wildman–Crippen MR) is 72.1 cm³/mol. The Kier molecular flexibility index (Phi) is 2.72. The van der Waals surface area contributed by atoms with Crippen molar-refractivity contribution >= 4 is 17.4 Å². The lowest BCUT2D eigenvalue weighted by molar-refractivity contribution is 0.102. The Balaban J connectivity index is 1.94. The minimum Gasteiger partial charge on any atom is -0.306 e. The monoisotopic (exact) mass is 252 g/mol. The molecule has 0 spiro atoms. The average Bonchev–Trinajstić information content (AvgIpc) is 2.86. The second-order valence-corrected chi connectivity index (χ2v) is 4.25. The highest BCUT2D eigenvalue weighted by Gasteiger charge is 2.11. The molecular formula is C14H12N4O. The highest BCUT2D eigenvalue weighted by Crippen LogP contribution is 2.12. The van der Waals surface area contributed by atoms with E-state index in [0.29, 0.717) is 17.0 Å². The van der Waals surface area contributed by atoms with E-state index in [2.05, 4.69) is 15.3 Å². The van der Waals surface area contributed by atoms with E-state index in [1.807, 2.05) is 31.3 Å². The molecule has 3 aromatic heterocycles. The number of imidazole rings is 1. The molecule has 0 aromatic carbocycles. The molecule has 1 amide bonds. The highest BCUT2D eigenvalue weighted by atomic mass is 16.1. The van der Waals surface area contributed by atoms with Crippen LogP contribution in [0.5, 0.6) is 0 Å². The summed E-state index contributed by atoms with van der Waals surface area (Å²) in [7, 11) is 0. The first-order chi connectivity index (χ1) is 9.24. The first-order valence-electron chi connectivity index (χ1n) is 5.90. The van der Waals surface area contributed by atoms with E-state index in [1.54, 1.807) is 29.1 Å². The van der Waals surface area contributed by atoms with Crippen LogP contribution in [-0.2, 0) is 0 Å². The van der Waals surface area contributed by atoms with Gasteiger partial charge in [0.05, 0.1) is 5.56 Å². The van der Waals surface area contributed by atoms with Gasteiger partial charge in [-0.25, -0.2) is 9.97 Å². The number of rotatable bonds is 2. The van der Waals surface area contributed by atoms with Gasteiger partial charge in [0.25, 0.3) is 5.91 Å². The quantitative estimate of drug-likeness (QED) is 0.761. The van der Waals surface area contributed by atoms with Crippen molar-refractivity contribution in [3.8, 4) is 0 Å². The Morgan fingerprint density at radius 3 is 2.95 bits per heavy atom. The molecule has 0 saturated carbocycles. The van der Waals surface area contributed by atoms with E-state index in [0.717, 1.165) is 5.56 Å². The molecule has 0 bridgehead atoms.